The summed E-state index contributed by atoms with van der Waals surface area (Å²) in [5.74, 6) is 0.748. The summed E-state index contributed by atoms with van der Waals surface area (Å²) in [5.41, 5.74) is 3.14. The van der Waals surface area contributed by atoms with Gasteiger partial charge in [-0.15, -0.1) is 0 Å². The first-order valence-electron chi connectivity index (χ1n) is 14.1. The van der Waals surface area contributed by atoms with Gasteiger partial charge in [-0.1, -0.05) is 78.1 Å². The van der Waals surface area contributed by atoms with E-state index in [-0.39, 0.29) is 12.2 Å². The molecular formula is C35H29BrN2O5S. The molecule has 222 valence electrons. The minimum Gasteiger partial charge on any atom is -0.496 e. The van der Waals surface area contributed by atoms with Crippen LogP contribution in [0.1, 0.15) is 36.6 Å². The molecule has 0 saturated heterocycles. The van der Waals surface area contributed by atoms with E-state index < -0.39 is 12.0 Å². The quantitative estimate of drug-likeness (QED) is 0.181. The lowest BCUT2D eigenvalue weighted by Crippen LogP contribution is -2.40. The molecule has 2 heterocycles. The van der Waals surface area contributed by atoms with Gasteiger partial charge in [-0.3, -0.25) is 9.36 Å². The summed E-state index contributed by atoms with van der Waals surface area (Å²) < 4.78 is 20.1. The maximum absolute atomic E-state index is 14.2. The highest BCUT2D eigenvalue weighted by atomic mass is 79.9. The number of carbonyl (C=O) groups is 1. The predicted molar refractivity (Wildman–Crippen MR) is 176 cm³/mol. The maximum atomic E-state index is 14.2. The number of benzene rings is 4. The largest absolute Gasteiger partial charge is 0.496 e. The first kappa shape index (κ1) is 29.6. The lowest BCUT2D eigenvalue weighted by molar-refractivity contribution is -0.139. The van der Waals surface area contributed by atoms with E-state index in [0.717, 1.165) is 26.4 Å². The SMILES string of the molecule is CCOC(=O)C1=C(C)N=c2sc(=Cc3ccc(OCc4ccccc4)c(Br)c3)c(=O)n2C1c1c(OC)ccc2ccccc12. The normalized spacial score (nSPS) is 14.7. The Morgan fingerprint density at radius 1 is 1.02 bits per heavy atom. The van der Waals surface area contributed by atoms with E-state index in [9.17, 15) is 9.59 Å². The number of ether oxygens (including phenoxy) is 3. The number of rotatable bonds is 8. The Kier molecular flexibility index (Phi) is 8.50. The van der Waals surface area contributed by atoms with Gasteiger partial charge < -0.3 is 14.2 Å². The van der Waals surface area contributed by atoms with Gasteiger partial charge in [0.15, 0.2) is 4.80 Å². The fourth-order valence-corrected chi connectivity index (χ4v) is 6.97. The molecule has 0 fully saturated rings. The second-order valence-corrected chi connectivity index (χ2v) is 12.0. The number of halogens is 1. The summed E-state index contributed by atoms with van der Waals surface area (Å²) in [5, 5.41) is 1.83. The third-order valence-corrected chi connectivity index (χ3v) is 9.03. The molecule has 0 saturated carbocycles. The number of esters is 1. The van der Waals surface area contributed by atoms with Crippen LogP contribution in [0.25, 0.3) is 16.8 Å². The molecule has 1 aliphatic rings. The van der Waals surface area contributed by atoms with Crippen molar-refractivity contribution in [1.29, 1.82) is 0 Å². The van der Waals surface area contributed by atoms with Crippen LogP contribution in [0.4, 0.5) is 0 Å². The van der Waals surface area contributed by atoms with E-state index in [4.69, 9.17) is 19.2 Å². The van der Waals surface area contributed by atoms with Crippen molar-refractivity contribution in [3.63, 3.8) is 0 Å². The van der Waals surface area contributed by atoms with Crippen LogP contribution in [0, 0.1) is 0 Å². The number of allylic oxidation sites excluding steroid dienone is 1. The fourth-order valence-electron chi connectivity index (χ4n) is 5.41. The molecule has 44 heavy (non-hydrogen) atoms. The summed E-state index contributed by atoms with van der Waals surface area (Å²) in [6.07, 6.45) is 1.83. The second-order valence-electron chi connectivity index (χ2n) is 10.2. The minimum absolute atomic E-state index is 0.194. The third kappa shape index (κ3) is 5.60. The molecule has 0 aliphatic carbocycles. The summed E-state index contributed by atoms with van der Waals surface area (Å²) in [6, 6.07) is 26.5. The smallest absolute Gasteiger partial charge is 0.338 e. The van der Waals surface area contributed by atoms with Crippen molar-refractivity contribution >= 4 is 50.1 Å². The highest BCUT2D eigenvalue weighted by molar-refractivity contribution is 9.10. The monoisotopic (exact) mass is 668 g/mol. The van der Waals surface area contributed by atoms with Crippen molar-refractivity contribution in [3.8, 4) is 11.5 Å². The Morgan fingerprint density at radius 2 is 1.77 bits per heavy atom. The van der Waals surface area contributed by atoms with E-state index >= 15 is 0 Å². The molecule has 6 rings (SSSR count). The Labute approximate surface area is 266 Å². The maximum Gasteiger partial charge on any atom is 0.338 e. The van der Waals surface area contributed by atoms with Crippen LogP contribution < -0.4 is 24.4 Å². The van der Waals surface area contributed by atoms with Gasteiger partial charge in [-0.25, -0.2) is 9.79 Å². The van der Waals surface area contributed by atoms with Gasteiger partial charge in [0.2, 0.25) is 0 Å². The van der Waals surface area contributed by atoms with Gasteiger partial charge in [0.05, 0.1) is 34.0 Å². The van der Waals surface area contributed by atoms with Crippen LogP contribution in [0.5, 0.6) is 11.5 Å². The van der Waals surface area contributed by atoms with Crippen molar-refractivity contribution in [2.45, 2.75) is 26.5 Å². The standard InChI is InChI=1S/C35H29BrN2O5S/c1-4-42-34(40)30-21(2)37-35-38(32(30)31-25-13-9-8-12-24(25)15-17-28(31)41-3)33(39)29(44-35)19-23-14-16-27(26(36)18-23)43-20-22-10-6-5-7-11-22/h5-19,32H,4,20H2,1-3H3. The van der Waals surface area contributed by atoms with Crippen LogP contribution >= 0.6 is 27.3 Å². The van der Waals surface area contributed by atoms with E-state index in [0.29, 0.717) is 44.3 Å². The molecule has 7 nitrogen and oxygen atoms in total. The first-order valence-corrected chi connectivity index (χ1v) is 15.7. The van der Waals surface area contributed by atoms with Crippen LogP contribution in [-0.4, -0.2) is 24.3 Å². The zero-order chi connectivity index (χ0) is 30.8. The molecular weight excluding hydrogens is 640 g/mol. The first-order chi connectivity index (χ1) is 21.4. The number of hydrogen-bond acceptors (Lipinski definition) is 7. The lowest BCUT2D eigenvalue weighted by atomic mass is 9.90. The highest BCUT2D eigenvalue weighted by Crippen LogP contribution is 2.40. The van der Waals surface area contributed by atoms with Gasteiger partial charge >= 0.3 is 5.97 Å². The number of fused-ring (bicyclic) bond motifs is 2. The molecule has 0 radical (unpaired) electrons. The highest BCUT2D eigenvalue weighted by Gasteiger charge is 2.36. The molecule has 0 bridgehead atoms. The number of hydrogen-bond donors (Lipinski definition) is 0. The average molecular weight is 670 g/mol. The average Bonchev–Trinajstić information content (AvgIpc) is 3.33. The van der Waals surface area contributed by atoms with Gasteiger partial charge in [-0.05, 0) is 76.0 Å². The van der Waals surface area contributed by atoms with Crippen molar-refractivity contribution in [3.05, 3.63) is 137 Å². The lowest BCUT2D eigenvalue weighted by Gasteiger charge is -2.27. The van der Waals surface area contributed by atoms with Crippen molar-refractivity contribution < 1.29 is 19.0 Å². The van der Waals surface area contributed by atoms with Crippen molar-refractivity contribution in [2.24, 2.45) is 4.99 Å². The van der Waals surface area contributed by atoms with E-state index in [2.05, 4.69) is 15.9 Å². The summed E-state index contributed by atoms with van der Waals surface area (Å²) in [7, 11) is 1.59. The molecule has 0 N–H and O–H groups in total. The molecule has 0 spiro atoms. The van der Waals surface area contributed by atoms with E-state index in [1.165, 1.54) is 11.3 Å². The Hall–Kier alpha value is -4.47. The molecule has 9 heteroatoms. The molecule has 1 aromatic heterocycles. The second kappa shape index (κ2) is 12.6. The Bertz CT molecular complexity index is 2100. The molecule has 1 unspecified atom stereocenters. The number of carbonyl (C=O) groups excluding carboxylic acids is 1. The molecule has 5 aromatic rings. The topological polar surface area (TPSA) is 79.1 Å². The van der Waals surface area contributed by atoms with E-state index in [1.54, 1.807) is 25.5 Å². The third-order valence-electron chi connectivity index (χ3n) is 7.43. The van der Waals surface area contributed by atoms with Gasteiger partial charge in [0, 0.05) is 5.56 Å². The molecule has 1 atom stereocenters. The van der Waals surface area contributed by atoms with E-state index in [1.807, 2.05) is 91.0 Å². The zero-order valence-corrected chi connectivity index (χ0v) is 26.8. The minimum atomic E-state index is -0.797. The van der Waals surface area contributed by atoms with Crippen molar-refractivity contribution in [2.75, 3.05) is 13.7 Å². The number of nitrogens with zero attached hydrogens (tertiary/aromatic N) is 2. The Balaban J connectivity index is 1.48. The van der Waals surface area contributed by atoms with Gasteiger partial charge in [0.1, 0.15) is 24.1 Å². The van der Waals surface area contributed by atoms with Crippen LogP contribution in [-0.2, 0) is 16.1 Å². The van der Waals surface area contributed by atoms with Crippen molar-refractivity contribution in [1.82, 2.24) is 4.57 Å². The van der Waals surface area contributed by atoms with Crippen LogP contribution in [0.15, 0.2) is 110 Å². The summed E-state index contributed by atoms with van der Waals surface area (Å²) >= 11 is 4.90. The fraction of sp³-hybridized carbons (Fsp3) is 0.171. The number of thiazole rings is 1. The number of aromatic nitrogens is 1. The van der Waals surface area contributed by atoms with Crippen LogP contribution in [0.3, 0.4) is 0 Å². The zero-order valence-electron chi connectivity index (χ0n) is 24.4. The predicted octanol–water partition coefficient (Wildman–Crippen LogP) is 6.30. The number of methoxy groups -OCH3 is 1. The summed E-state index contributed by atoms with van der Waals surface area (Å²) in [4.78, 5) is 32.9. The molecule has 4 aromatic carbocycles. The van der Waals surface area contributed by atoms with Gasteiger partial charge in [0.25, 0.3) is 5.56 Å². The van der Waals surface area contributed by atoms with Gasteiger partial charge in [-0.2, -0.15) is 0 Å². The molecule has 0 amide bonds. The Morgan fingerprint density at radius 3 is 2.52 bits per heavy atom. The summed E-state index contributed by atoms with van der Waals surface area (Å²) in [6.45, 7) is 4.17. The van der Waals surface area contributed by atoms with Crippen LogP contribution in [0.2, 0.25) is 0 Å². The molecule has 1 aliphatic heterocycles.